The normalized spacial score (nSPS) is 11.4. The highest BCUT2D eigenvalue weighted by Crippen LogP contribution is 2.38. The van der Waals surface area contributed by atoms with E-state index in [-0.39, 0.29) is 5.56 Å². The maximum Gasteiger partial charge on any atom is 0.335 e. The molecule has 44 heavy (non-hydrogen) atoms. The van der Waals surface area contributed by atoms with Crippen LogP contribution in [0.3, 0.4) is 0 Å². The van der Waals surface area contributed by atoms with Crippen molar-refractivity contribution in [2.75, 3.05) is 0 Å². The molecule has 1 N–H and O–H groups in total. The molecule has 0 saturated carbocycles. The summed E-state index contributed by atoms with van der Waals surface area (Å²) in [4.78, 5) is 26.2. The molecule has 0 aliphatic carbocycles. The molecule has 0 fully saturated rings. The van der Waals surface area contributed by atoms with Crippen LogP contribution in [0.1, 0.15) is 10.4 Å². The predicted molar refractivity (Wildman–Crippen MR) is 175 cm³/mol. The number of fused-ring (bicyclic) bond motifs is 6. The van der Waals surface area contributed by atoms with Gasteiger partial charge in [-0.25, -0.2) is 9.78 Å². The van der Waals surface area contributed by atoms with Crippen LogP contribution in [0, 0.1) is 0 Å². The van der Waals surface area contributed by atoms with Gasteiger partial charge in [0.15, 0.2) is 0 Å². The number of aromatic carboxylic acids is 1. The van der Waals surface area contributed by atoms with Gasteiger partial charge in [0, 0.05) is 34.4 Å². The van der Waals surface area contributed by atoms with Crippen LogP contribution in [-0.2, 0) is 0 Å². The molecule has 0 bridgehead atoms. The number of pyridine rings is 2. The topological polar surface area (TPSA) is 80.9 Å². The summed E-state index contributed by atoms with van der Waals surface area (Å²) in [6, 6.07) is 42.2. The number of hydrogen-bond donors (Lipinski definition) is 1. The van der Waals surface area contributed by atoms with Crippen molar-refractivity contribution in [1.82, 2.24) is 19.5 Å². The fourth-order valence-corrected chi connectivity index (χ4v) is 5.95. The Labute approximate surface area is 252 Å². The number of rotatable bonds is 5. The minimum atomic E-state index is -0.967. The first-order valence-electron chi connectivity index (χ1n) is 14.3. The standard InChI is InChI=1S/C38H24N4O2/c43-38(44)27-15-13-26(14-16-27)37-41-35-31-11-5-21-39-33(31)34-32(12-6-22-40-34)36(35)42(37)30-19-17-25(18-20-30)29-10-4-9-28(23-29)24-7-2-1-3-8-24/h1-23H,(H,43,44). The van der Waals surface area contributed by atoms with Crippen molar-refractivity contribution in [3.05, 3.63) is 145 Å². The molecule has 8 rings (SSSR count). The van der Waals surface area contributed by atoms with Gasteiger partial charge in [-0.1, -0.05) is 72.8 Å². The molecule has 3 aromatic heterocycles. The van der Waals surface area contributed by atoms with Crippen molar-refractivity contribution in [2.24, 2.45) is 0 Å². The van der Waals surface area contributed by atoms with Crippen molar-refractivity contribution in [3.63, 3.8) is 0 Å². The van der Waals surface area contributed by atoms with Crippen LogP contribution in [-0.4, -0.2) is 30.6 Å². The number of carboxylic acid groups (broad SMARTS) is 1. The van der Waals surface area contributed by atoms with Gasteiger partial charge >= 0.3 is 5.97 Å². The molecular weight excluding hydrogens is 544 g/mol. The van der Waals surface area contributed by atoms with Gasteiger partial charge < -0.3 is 5.11 Å². The maximum absolute atomic E-state index is 11.6. The molecule has 3 heterocycles. The minimum Gasteiger partial charge on any atom is -0.478 e. The molecule has 8 aromatic rings. The van der Waals surface area contributed by atoms with Crippen molar-refractivity contribution in [1.29, 1.82) is 0 Å². The first-order valence-corrected chi connectivity index (χ1v) is 14.3. The summed E-state index contributed by atoms with van der Waals surface area (Å²) >= 11 is 0. The second-order valence-electron chi connectivity index (χ2n) is 10.6. The van der Waals surface area contributed by atoms with Crippen LogP contribution in [0.15, 0.2) is 140 Å². The Hall–Kier alpha value is -6.14. The van der Waals surface area contributed by atoms with E-state index in [1.165, 1.54) is 11.1 Å². The predicted octanol–water partition coefficient (Wildman–Crippen LogP) is 8.82. The van der Waals surface area contributed by atoms with E-state index in [4.69, 9.17) is 9.97 Å². The van der Waals surface area contributed by atoms with Gasteiger partial charge in [0.05, 0.1) is 27.6 Å². The zero-order valence-electron chi connectivity index (χ0n) is 23.4. The Morgan fingerprint density at radius 2 is 1.14 bits per heavy atom. The third kappa shape index (κ3) is 4.20. The Morgan fingerprint density at radius 3 is 1.82 bits per heavy atom. The number of aromatic nitrogens is 4. The second-order valence-corrected chi connectivity index (χ2v) is 10.6. The first-order chi connectivity index (χ1) is 21.7. The van der Waals surface area contributed by atoms with Crippen molar-refractivity contribution in [2.45, 2.75) is 0 Å². The molecule has 0 saturated heterocycles. The minimum absolute atomic E-state index is 0.225. The molecule has 5 aromatic carbocycles. The fraction of sp³-hybridized carbons (Fsp3) is 0. The Morgan fingerprint density at radius 1 is 0.545 bits per heavy atom. The smallest absolute Gasteiger partial charge is 0.335 e. The molecule has 0 aliphatic rings. The van der Waals surface area contributed by atoms with E-state index >= 15 is 0 Å². The van der Waals surface area contributed by atoms with Gasteiger partial charge in [0.1, 0.15) is 5.82 Å². The molecule has 0 radical (unpaired) electrons. The summed E-state index contributed by atoms with van der Waals surface area (Å²) in [6.45, 7) is 0. The number of hydrogen-bond acceptors (Lipinski definition) is 4. The lowest BCUT2D eigenvalue weighted by Crippen LogP contribution is -2.00. The maximum atomic E-state index is 11.6. The second kappa shape index (κ2) is 10.3. The highest BCUT2D eigenvalue weighted by molar-refractivity contribution is 6.21. The number of imidazole rings is 1. The number of nitrogens with zero attached hydrogens (tertiary/aromatic N) is 4. The molecule has 208 valence electrons. The average Bonchev–Trinajstić information content (AvgIpc) is 3.50. The van der Waals surface area contributed by atoms with Crippen LogP contribution >= 0.6 is 0 Å². The van der Waals surface area contributed by atoms with Gasteiger partial charge in [0.2, 0.25) is 0 Å². The summed E-state index contributed by atoms with van der Waals surface area (Å²) in [5, 5.41) is 11.3. The molecule has 0 unspecified atom stereocenters. The van der Waals surface area contributed by atoms with E-state index < -0.39 is 5.97 Å². The van der Waals surface area contributed by atoms with E-state index in [1.54, 1.807) is 24.5 Å². The first kappa shape index (κ1) is 25.6. The quantitative estimate of drug-likeness (QED) is 0.210. The zero-order chi connectivity index (χ0) is 29.6. The highest BCUT2D eigenvalue weighted by atomic mass is 16.4. The van der Waals surface area contributed by atoms with Crippen LogP contribution in [0.4, 0.5) is 0 Å². The van der Waals surface area contributed by atoms with Gasteiger partial charge in [0.25, 0.3) is 0 Å². The van der Waals surface area contributed by atoms with E-state index in [9.17, 15) is 9.90 Å². The van der Waals surface area contributed by atoms with Crippen LogP contribution in [0.2, 0.25) is 0 Å². The molecule has 0 aliphatic heterocycles. The Balaban J connectivity index is 1.35. The van der Waals surface area contributed by atoms with Crippen molar-refractivity contribution >= 4 is 38.8 Å². The van der Waals surface area contributed by atoms with E-state index in [2.05, 4.69) is 88.4 Å². The summed E-state index contributed by atoms with van der Waals surface area (Å²) in [5.41, 5.74) is 9.87. The summed E-state index contributed by atoms with van der Waals surface area (Å²) < 4.78 is 2.14. The molecular formula is C38H24N4O2. The fourth-order valence-electron chi connectivity index (χ4n) is 5.95. The van der Waals surface area contributed by atoms with Crippen LogP contribution < -0.4 is 0 Å². The summed E-state index contributed by atoms with van der Waals surface area (Å²) in [6.07, 6.45) is 3.56. The molecule has 6 nitrogen and oxygen atoms in total. The molecule has 0 spiro atoms. The average molecular weight is 569 g/mol. The van der Waals surface area contributed by atoms with E-state index in [0.717, 1.165) is 55.2 Å². The molecule has 0 amide bonds. The van der Waals surface area contributed by atoms with E-state index in [0.29, 0.717) is 5.82 Å². The van der Waals surface area contributed by atoms with Crippen molar-refractivity contribution in [3.8, 4) is 39.3 Å². The zero-order valence-corrected chi connectivity index (χ0v) is 23.4. The lowest BCUT2D eigenvalue weighted by atomic mass is 9.99. The summed E-state index contributed by atoms with van der Waals surface area (Å²) in [7, 11) is 0. The van der Waals surface area contributed by atoms with Gasteiger partial charge in [-0.3, -0.25) is 14.5 Å². The largest absolute Gasteiger partial charge is 0.478 e. The van der Waals surface area contributed by atoms with Crippen molar-refractivity contribution < 1.29 is 9.90 Å². The lowest BCUT2D eigenvalue weighted by molar-refractivity contribution is 0.0697. The monoisotopic (exact) mass is 568 g/mol. The Bertz CT molecular complexity index is 2340. The van der Waals surface area contributed by atoms with Gasteiger partial charge in [-0.2, -0.15) is 0 Å². The Kier molecular flexibility index (Phi) is 5.98. The number of carboxylic acids is 1. The molecule has 0 atom stereocenters. The summed E-state index contributed by atoms with van der Waals surface area (Å²) in [5.74, 6) is -0.261. The lowest BCUT2D eigenvalue weighted by Gasteiger charge is -2.13. The van der Waals surface area contributed by atoms with Gasteiger partial charge in [-0.15, -0.1) is 0 Å². The number of benzene rings is 5. The van der Waals surface area contributed by atoms with Gasteiger partial charge in [-0.05, 0) is 76.9 Å². The van der Waals surface area contributed by atoms with Crippen LogP contribution in [0.5, 0.6) is 0 Å². The van der Waals surface area contributed by atoms with E-state index in [1.807, 2.05) is 36.4 Å². The highest BCUT2D eigenvalue weighted by Gasteiger charge is 2.21. The number of carbonyl (C=O) groups is 1. The van der Waals surface area contributed by atoms with Crippen LogP contribution in [0.25, 0.3) is 72.2 Å². The SMILES string of the molecule is O=C(O)c1ccc(-c2nc3c4cccnc4c4ncccc4c3n2-c2ccc(-c3cccc(-c4ccccc4)c3)cc2)cc1. The third-order valence-corrected chi connectivity index (χ3v) is 8.05. The third-order valence-electron chi connectivity index (χ3n) is 8.05. The molecule has 6 heteroatoms.